The molecule has 2 heteroatoms. The lowest BCUT2D eigenvalue weighted by Crippen LogP contribution is -2.31. The van der Waals surface area contributed by atoms with E-state index >= 15 is 0 Å². The van der Waals surface area contributed by atoms with Crippen molar-refractivity contribution in [1.82, 2.24) is 5.32 Å². The van der Waals surface area contributed by atoms with Crippen LogP contribution in [0.5, 0.6) is 0 Å². The van der Waals surface area contributed by atoms with Crippen LogP contribution in [0.3, 0.4) is 0 Å². The summed E-state index contributed by atoms with van der Waals surface area (Å²) >= 11 is 0. The van der Waals surface area contributed by atoms with E-state index in [1.54, 1.807) is 0 Å². The van der Waals surface area contributed by atoms with Gasteiger partial charge in [0.15, 0.2) is 0 Å². The Morgan fingerprint density at radius 3 is 2.60 bits per heavy atom. The fourth-order valence-electron chi connectivity index (χ4n) is 2.90. The number of hydrogen-bond acceptors (Lipinski definition) is 2. The molecule has 1 saturated heterocycles. The largest absolute Gasteiger partial charge is 0.378 e. The molecule has 2 rings (SSSR count). The number of hydrogen-bond donors (Lipinski definition) is 1. The van der Waals surface area contributed by atoms with Crippen LogP contribution in [0.15, 0.2) is 24.3 Å². The second-order valence-electron chi connectivity index (χ2n) is 6.49. The zero-order valence-electron chi connectivity index (χ0n) is 13.2. The molecule has 1 aromatic carbocycles. The van der Waals surface area contributed by atoms with Crippen molar-refractivity contribution in [2.45, 2.75) is 58.6 Å². The van der Waals surface area contributed by atoms with Gasteiger partial charge in [0.25, 0.3) is 0 Å². The highest BCUT2D eigenvalue weighted by Gasteiger charge is 2.21. The van der Waals surface area contributed by atoms with Crippen LogP contribution in [-0.4, -0.2) is 25.3 Å². The minimum absolute atomic E-state index is 0.486. The van der Waals surface area contributed by atoms with Crippen LogP contribution in [0.2, 0.25) is 0 Å². The van der Waals surface area contributed by atoms with Crippen LogP contribution in [0, 0.1) is 12.8 Å². The third-order valence-electron chi connectivity index (χ3n) is 4.08. The van der Waals surface area contributed by atoms with Gasteiger partial charge in [-0.1, -0.05) is 43.7 Å². The second kappa shape index (κ2) is 7.80. The Kier molecular flexibility index (Phi) is 6.06. The fraction of sp³-hybridized carbons (Fsp3) is 0.667. The van der Waals surface area contributed by atoms with E-state index < -0.39 is 0 Å². The summed E-state index contributed by atoms with van der Waals surface area (Å²) in [7, 11) is 0. The summed E-state index contributed by atoms with van der Waals surface area (Å²) in [6, 6.07) is 9.53. The van der Waals surface area contributed by atoms with E-state index in [0.717, 1.165) is 19.6 Å². The number of nitrogens with one attached hydrogen (secondary N) is 1. The third-order valence-corrected chi connectivity index (χ3v) is 4.08. The van der Waals surface area contributed by atoms with Crippen LogP contribution in [-0.2, 0) is 11.2 Å². The summed E-state index contributed by atoms with van der Waals surface area (Å²) < 4.78 is 5.82. The Labute approximate surface area is 123 Å². The minimum atomic E-state index is 0.486. The van der Waals surface area contributed by atoms with E-state index in [-0.39, 0.29) is 0 Å². The average Bonchev–Trinajstić information content (AvgIpc) is 2.91. The third kappa shape index (κ3) is 5.26. The Balaban J connectivity index is 1.91. The molecule has 112 valence electrons. The van der Waals surface area contributed by atoms with Gasteiger partial charge in [0.2, 0.25) is 0 Å². The van der Waals surface area contributed by atoms with Gasteiger partial charge in [-0.05, 0) is 50.6 Å². The van der Waals surface area contributed by atoms with E-state index in [9.17, 15) is 0 Å². The summed E-state index contributed by atoms with van der Waals surface area (Å²) in [5.41, 5.74) is 2.79. The van der Waals surface area contributed by atoms with Gasteiger partial charge in [0.05, 0.1) is 6.10 Å². The van der Waals surface area contributed by atoms with Gasteiger partial charge >= 0.3 is 0 Å². The molecule has 0 spiro atoms. The van der Waals surface area contributed by atoms with Crippen molar-refractivity contribution in [2.24, 2.45) is 5.92 Å². The molecule has 1 fully saturated rings. The predicted molar refractivity (Wildman–Crippen MR) is 85.1 cm³/mol. The molecule has 0 aromatic heterocycles. The Bertz CT molecular complexity index is 379. The molecule has 2 atom stereocenters. The maximum Gasteiger partial charge on any atom is 0.0579 e. The fourth-order valence-corrected chi connectivity index (χ4v) is 2.90. The van der Waals surface area contributed by atoms with E-state index in [1.165, 1.54) is 30.4 Å². The normalized spacial score (nSPS) is 20.5. The van der Waals surface area contributed by atoms with Crippen molar-refractivity contribution in [3.8, 4) is 0 Å². The summed E-state index contributed by atoms with van der Waals surface area (Å²) in [6.45, 7) is 8.63. The first kappa shape index (κ1) is 15.5. The van der Waals surface area contributed by atoms with E-state index in [0.29, 0.717) is 18.1 Å². The lowest BCUT2D eigenvalue weighted by molar-refractivity contribution is 0.0889. The van der Waals surface area contributed by atoms with Crippen LogP contribution in [0.25, 0.3) is 0 Å². The zero-order chi connectivity index (χ0) is 14.4. The quantitative estimate of drug-likeness (QED) is 0.819. The first-order valence-electron chi connectivity index (χ1n) is 8.04. The number of aryl methyl sites for hydroxylation is 1. The maximum atomic E-state index is 5.82. The van der Waals surface area contributed by atoms with Gasteiger partial charge in [-0.15, -0.1) is 0 Å². The van der Waals surface area contributed by atoms with Crippen LogP contribution < -0.4 is 5.32 Å². The topological polar surface area (TPSA) is 21.3 Å². The molecular formula is C18H29NO. The predicted octanol–water partition coefficient (Wildman–Crippen LogP) is 3.72. The number of rotatable bonds is 7. The SMILES string of the molecule is Cc1ccc(CC(CNC(C)C)CC2CCCO2)cc1. The molecule has 0 saturated carbocycles. The molecule has 1 aromatic rings. The number of benzene rings is 1. The molecule has 0 amide bonds. The van der Waals surface area contributed by atoms with Crippen molar-refractivity contribution in [1.29, 1.82) is 0 Å². The molecular weight excluding hydrogens is 246 g/mol. The van der Waals surface area contributed by atoms with E-state index in [2.05, 4.69) is 50.4 Å². The molecule has 2 nitrogen and oxygen atoms in total. The lowest BCUT2D eigenvalue weighted by Gasteiger charge is -2.22. The summed E-state index contributed by atoms with van der Waals surface area (Å²) in [6.07, 6.45) is 5.30. The summed E-state index contributed by atoms with van der Waals surface area (Å²) in [5, 5.41) is 3.60. The van der Waals surface area contributed by atoms with Crippen molar-refractivity contribution in [3.63, 3.8) is 0 Å². The van der Waals surface area contributed by atoms with Gasteiger partial charge in [0, 0.05) is 12.6 Å². The highest BCUT2D eigenvalue weighted by Crippen LogP contribution is 2.22. The van der Waals surface area contributed by atoms with Gasteiger partial charge in [0.1, 0.15) is 0 Å². The Morgan fingerprint density at radius 1 is 1.25 bits per heavy atom. The van der Waals surface area contributed by atoms with Gasteiger partial charge in [-0.2, -0.15) is 0 Å². The Morgan fingerprint density at radius 2 is 2.00 bits per heavy atom. The minimum Gasteiger partial charge on any atom is -0.378 e. The van der Waals surface area contributed by atoms with Crippen LogP contribution >= 0.6 is 0 Å². The average molecular weight is 275 g/mol. The van der Waals surface area contributed by atoms with Gasteiger partial charge in [-0.3, -0.25) is 0 Å². The maximum absolute atomic E-state index is 5.82. The van der Waals surface area contributed by atoms with Crippen molar-refractivity contribution < 1.29 is 4.74 Å². The standard InChI is InChI=1S/C18H29NO/c1-14(2)19-13-17(12-18-5-4-10-20-18)11-16-8-6-15(3)7-9-16/h6-9,14,17-19H,4-5,10-13H2,1-3H3. The first-order valence-corrected chi connectivity index (χ1v) is 8.04. The second-order valence-corrected chi connectivity index (χ2v) is 6.49. The molecule has 2 unspecified atom stereocenters. The molecule has 1 aliphatic heterocycles. The molecule has 1 N–H and O–H groups in total. The molecule has 0 bridgehead atoms. The van der Waals surface area contributed by atoms with Gasteiger partial charge in [-0.25, -0.2) is 0 Å². The first-order chi connectivity index (χ1) is 9.63. The smallest absolute Gasteiger partial charge is 0.0579 e. The number of ether oxygens (including phenoxy) is 1. The van der Waals surface area contributed by atoms with Crippen molar-refractivity contribution in [3.05, 3.63) is 35.4 Å². The van der Waals surface area contributed by atoms with Crippen molar-refractivity contribution in [2.75, 3.05) is 13.2 Å². The van der Waals surface area contributed by atoms with E-state index in [4.69, 9.17) is 4.74 Å². The lowest BCUT2D eigenvalue weighted by atomic mass is 9.92. The highest BCUT2D eigenvalue weighted by atomic mass is 16.5. The van der Waals surface area contributed by atoms with Crippen molar-refractivity contribution >= 4 is 0 Å². The summed E-state index contributed by atoms with van der Waals surface area (Å²) in [5.74, 6) is 0.670. The van der Waals surface area contributed by atoms with Crippen LogP contribution in [0.1, 0.15) is 44.2 Å². The van der Waals surface area contributed by atoms with Crippen LogP contribution in [0.4, 0.5) is 0 Å². The highest BCUT2D eigenvalue weighted by molar-refractivity contribution is 5.21. The zero-order valence-corrected chi connectivity index (χ0v) is 13.2. The van der Waals surface area contributed by atoms with Gasteiger partial charge < -0.3 is 10.1 Å². The Hall–Kier alpha value is -0.860. The molecule has 0 radical (unpaired) electrons. The van der Waals surface area contributed by atoms with E-state index in [1.807, 2.05) is 0 Å². The summed E-state index contributed by atoms with van der Waals surface area (Å²) in [4.78, 5) is 0. The molecule has 20 heavy (non-hydrogen) atoms. The molecule has 0 aliphatic carbocycles. The molecule has 1 aliphatic rings. The monoisotopic (exact) mass is 275 g/mol. The molecule has 1 heterocycles.